The van der Waals surface area contributed by atoms with Gasteiger partial charge in [-0.25, -0.2) is 0 Å². The molecule has 2 aliphatic carbocycles. The highest BCUT2D eigenvalue weighted by atomic mass is 16.2. The van der Waals surface area contributed by atoms with Gasteiger partial charge in [0.25, 0.3) is 0 Å². The van der Waals surface area contributed by atoms with E-state index in [1.165, 1.54) is 25.7 Å². The first-order valence-corrected chi connectivity index (χ1v) is 6.86. The summed E-state index contributed by atoms with van der Waals surface area (Å²) in [6.07, 6.45) is 5.28. The summed E-state index contributed by atoms with van der Waals surface area (Å²) in [5.74, 6) is 1.89. The lowest BCUT2D eigenvalue weighted by Crippen LogP contribution is -2.45. The van der Waals surface area contributed by atoms with E-state index in [9.17, 15) is 9.59 Å². The minimum absolute atomic E-state index is 0.0290. The first kappa shape index (κ1) is 13.3. The van der Waals surface area contributed by atoms with Crippen LogP contribution in [-0.2, 0) is 9.59 Å². The van der Waals surface area contributed by atoms with Gasteiger partial charge in [0.15, 0.2) is 0 Å². The van der Waals surface area contributed by atoms with Gasteiger partial charge in [0, 0.05) is 6.04 Å². The van der Waals surface area contributed by atoms with Crippen molar-refractivity contribution < 1.29 is 9.59 Å². The van der Waals surface area contributed by atoms with Crippen LogP contribution in [0.15, 0.2) is 0 Å². The predicted octanol–water partition coefficient (Wildman–Crippen LogP) is 0.00220. The van der Waals surface area contributed by atoms with Crippen LogP contribution in [0.25, 0.3) is 0 Å². The lowest BCUT2D eigenvalue weighted by molar-refractivity contribution is -0.126. The van der Waals surface area contributed by atoms with E-state index in [2.05, 4.69) is 17.6 Å². The van der Waals surface area contributed by atoms with Gasteiger partial charge in [-0.05, 0) is 43.9 Å². The Morgan fingerprint density at radius 2 is 2.06 bits per heavy atom. The summed E-state index contributed by atoms with van der Waals surface area (Å²) in [4.78, 5) is 22.6. The number of hydrogen-bond acceptors (Lipinski definition) is 3. The minimum atomic E-state index is -0.294. The quantitative estimate of drug-likeness (QED) is 0.645. The van der Waals surface area contributed by atoms with Crippen LogP contribution >= 0.6 is 0 Å². The molecule has 0 spiro atoms. The lowest BCUT2D eigenvalue weighted by Gasteiger charge is -2.28. The predicted molar refractivity (Wildman–Crippen MR) is 68.6 cm³/mol. The van der Waals surface area contributed by atoms with Crippen molar-refractivity contribution in [1.29, 1.82) is 0 Å². The van der Waals surface area contributed by atoms with Crippen molar-refractivity contribution in [2.75, 3.05) is 13.1 Å². The average molecular weight is 253 g/mol. The maximum Gasteiger partial charge on any atom is 0.239 e. The number of fused-ring (bicyclic) bond motifs is 2. The molecule has 0 radical (unpaired) electrons. The van der Waals surface area contributed by atoms with Crippen molar-refractivity contribution >= 4 is 11.8 Å². The smallest absolute Gasteiger partial charge is 0.239 e. The number of rotatable bonds is 5. The number of nitrogens with two attached hydrogens (primary N) is 1. The maximum absolute atomic E-state index is 11.7. The Balaban J connectivity index is 1.72. The van der Waals surface area contributed by atoms with E-state index in [0.29, 0.717) is 5.92 Å². The van der Waals surface area contributed by atoms with Crippen LogP contribution < -0.4 is 16.4 Å². The highest BCUT2D eigenvalue weighted by molar-refractivity contribution is 5.85. The number of hydrogen-bond donors (Lipinski definition) is 3. The molecule has 102 valence electrons. The molecule has 4 N–H and O–H groups in total. The molecule has 18 heavy (non-hydrogen) atoms. The Bertz CT molecular complexity index is 332. The molecule has 0 aromatic rings. The van der Waals surface area contributed by atoms with Crippen LogP contribution in [0, 0.1) is 17.8 Å². The molecule has 2 aliphatic rings. The zero-order chi connectivity index (χ0) is 13.1. The van der Waals surface area contributed by atoms with Gasteiger partial charge in [-0.1, -0.05) is 6.42 Å². The summed E-state index contributed by atoms with van der Waals surface area (Å²) in [7, 11) is 0. The fraction of sp³-hybridized carbons (Fsp3) is 0.846. The molecule has 0 aromatic carbocycles. The van der Waals surface area contributed by atoms with E-state index in [0.717, 1.165) is 11.8 Å². The van der Waals surface area contributed by atoms with E-state index in [1.54, 1.807) is 0 Å². The zero-order valence-corrected chi connectivity index (χ0v) is 10.9. The summed E-state index contributed by atoms with van der Waals surface area (Å²) in [5, 5.41) is 5.48. The zero-order valence-electron chi connectivity index (χ0n) is 10.9. The highest BCUT2D eigenvalue weighted by Gasteiger charge is 2.42. The molecule has 2 amide bonds. The Morgan fingerprint density at radius 1 is 1.28 bits per heavy atom. The molecular formula is C13H23N3O2. The van der Waals surface area contributed by atoms with Gasteiger partial charge in [0.2, 0.25) is 11.8 Å². The van der Waals surface area contributed by atoms with Crippen LogP contribution in [0.1, 0.15) is 32.6 Å². The summed E-state index contributed by atoms with van der Waals surface area (Å²) in [6.45, 7) is 2.03. The van der Waals surface area contributed by atoms with Crippen molar-refractivity contribution in [3.63, 3.8) is 0 Å². The third kappa shape index (κ3) is 3.02. The molecule has 5 nitrogen and oxygen atoms in total. The molecule has 4 atom stereocenters. The third-order valence-corrected chi connectivity index (χ3v) is 4.46. The minimum Gasteiger partial charge on any atom is -0.352 e. The molecule has 0 saturated heterocycles. The van der Waals surface area contributed by atoms with Gasteiger partial charge in [-0.2, -0.15) is 0 Å². The largest absolute Gasteiger partial charge is 0.352 e. The Morgan fingerprint density at radius 3 is 2.61 bits per heavy atom. The van der Waals surface area contributed by atoms with Crippen LogP contribution in [0.2, 0.25) is 0 Å². The Labute approximate surface area is 108 Å². The van der Waals surface area contributed by atoms with E-state index in [1.807, 2.05) is 0 Å². The first-order valence-electron chi connectivity index (χ1n) is 6.86. The van der Waals surface area contributed by atoms with Crippen molar-refractivity contribution in [3.05, 3.63) is 0 Å². The maximum atomic E-state index is 11.7. The van der Waals surface area contributed by atoms with Gasteiger partial charge < -0.3 is 16.4 Å². The molecule has 2 rings (SSSR count). The lowest BCUT2D eigenvalue weighted by atomic mass is 9.84. The van der Waals surface area contributed by atoms with Gasteiger partial charge in [-0.3, -0.25) is 9.59 Å². The van der Waals surface area contributed by atoms with Crippen molar-refractivity contribution in [2.24, 2.45) is 23.5 Å². The molecule has 0 aliphatic heterocycles. The summed E-state index contributed by atoms with van der Waals surface area (Å²) in [6, 6.07) is 0.211. The van der Waals surface area contributed by atoms with Crippen molar-refractivity contribution in [1.82, 2.24) is 10.6 Å². The van der Waals surface area contributed by atoms with E-state index in [-0.39, 0.29) is 30.9 Å². The number of amides is 2. The number of carbonyl (C=O) groups excluding carboxylic acids is 2. The SMILES string of the molecule is CC(NC(=O)CNC(=O)CN)C1CC2CCC1C2. The van der Waals surface area contributed by atoms with Crippen LogP contribution in [0.4, 0.5) is 0 Å². The summed E-state index contributed by atoms with van der Waals surface area (Å²) >= 11 is 0. The topological polar surface area (TPSA) is 84.2 Å². The highest BCUT2D eigenvalue weighted by Crippen LogP contribution is 2.49. The summed E-state index contributed by atoms with van der Waals surface area (Å²) in [5.41, 5.74) is 5.16. The molecule has 2 fully saturated rings. The second-order valence-electron chi connectivity index (χ2n) is 5.68. The second-order valence-corrected chi connectivity index (χ2v) is 5.68. The van der Waals surface area contributed by atoms with Crippen molar-refractivity contribution in [3.8, 4) is 0 Å². The fourth-order valence-electron chi connectivity index (χ4n) is 3.57. The molecule has 2 bridgehead atoms. The Kier molecular flexibility index (Phi) is 4.22. The van der Waals surface area contributed by atoms with Gasteiger partial charge in [0.1, 0.15) is 0 Å². The fourth-order valence-corrected chi connectivity index (χ4v) is 3.57. The molecule has 2 saturated carbocycles. The van der Waals surface area contributed by atoms with Gasteiger partial charge >= 0.3 is 0 Å². The third-order valence-electron chi connectivity index (χ3n) is 4.46. The molecule has 0 aromatic heterocycles. The summed E-state index contributed by atoms with van der Waals surface area (Å²) < 4.78 is 0. The first-order chi connectivity index (χ1) is 8.60. The van der Waals surface area contributed by atoms with E-state index >= 15 is 0 Å². The molecular weight excluding hydrogens is 230 g/mol. The van der Waals surface area contributed by atoms with Crippen LogP contribution in [0.3, 0.4) is 0 Å². The Hall–Kier alpha value is -1.10. The standard InChI is InChI=1S/C13H23N3O2/c1-8(11-5-9-2-3-10(11)4-9)16-13(18)7-15-12(17)6-14/h8-11H,2-7,14H2,1H3,(H,15,17)(H,16,18). The molecule has 4 unspecified atom stereocenters. The van der Waals surface area contributed by atoms with Gasteiger partial charge in [0.05, 0.1) is 13.1 Å². The monoisotopic (exact) mass is 253 g/mol. The second kappa shape index (κ2) is 5.69. The van der Waals surface area contributed by atoms with Crippen LogP contribution in [0.5, 0.6) is 0 Å². The van der Waals surface area contributed by atoms with Gasteiger partial charge in [-0.15, -0.1) is 0 Å². The molecule has 5 heteroatoms. The molecule has 0 heterocycles. The number of carbonyl (C=O) groups is 2. The average Bonchev–Trinajstić information content (AvgIpc) is 2.97. The van der Waals surface area contributed by atoms with E-state index < -0.39 is 0 Å². The van der Waals surface area contributed by atoms with E-state index in [4.69, 9.17) is 5.73 Å². The van der Waals surface area contributed by atoms with Crippen molar-refractivity contribution in [2.45, 2.75) is 38.6 Å². The normalized spacial score (nSPS) is 31.1. The number of nitrogens with one attached hydrogen (secondary N) is 2. The van der Waals surface area contributed by atoms with Crippen LogP contribution in [-0.4, -0.2) is 30.9 Å².